The number of hydrogen-bond donors (Lipinski definition) is 0. The Morgan fingerprint density at radius 3 is 1.62 bits per heavy atom. The second-order valence-corrected chi connectivity index (χ2v) is 8.27. The molecule has 32 heavy (non-hydrogen) atoms. The highest BCUT2D eigenvalue weighted by Crippen LogP contribution is 2.36. The molecule has 0 bridgehead atoms. The van der Waals surface area contributed by atoms with E-state index in [1.165, 1.54) is 27.8 Å². The van der Waals surface area contributed by atoms with Crippen molar-refractivity contribution in [2.24, 2.45) is 0 Å². The minimum atomic E-state index is 1.12. The molecule has 5 rings (SSSR count). The lowest BCUT2D eigenvalue weighted by atomic mass is 9.99. The lowest BCUT2D eigenvalue weighted by molar-refractivity contribution is 1.04. The van der Waals surface area contributed by atoms with Crippen molar-refractivity contribution in [3.63, 3.8) is 0 Å². The molecule has 0 heterocycles. The maximum Gasteiger partial charge on any atom is 0.0462 e. The highest BCUT2D eigenvalue weighted by Gasteiger charge is 2.13. The summed E-state index contributed by atoms with van der Waals surface area (Å²) in [4.78, 5) is 2.32. The quantitative estimate of drug-likeness (QED) is 0.316. The van der Waals surface area contributed by atoms with Crippen molar-refractivity contribution < 1.29 is 0 Å². The third-order valence-corrected chi connectivity index (χ3v) is 5.98. The van der Waals surface area contributed by atoms with Gasteiger partial charge in [0.05, 0.1) is 0 Å². The van der Waals surface area contributed by atoms with Gasteiger partial charge in [-0.15, -0.1) is 0 Å². The number of benzene rings is 4. The van der Waals surface area contributed by atoms with Gasteiger partial charge < -0.3 is 4.90 Å². The normalized spacial score (nSPS) is 13.0. The van der Waals surface area contributed by atoms with Crippen LogP contribution in [-0.2, 0) is 0 Å². The van der Waals surface area contributed by atoms with Crippen molar-refractivity contribution in [1.29, 1.82) is 0 Å². The van der Waals surface area contributed by atoms with Gasteiger partial charge in [0.15, 0.2) is 0 Å². The molecule has 0 radical (unpaired) electrons. The van der Waals surface area contributed by atoms with Gasteiger partial charge in [-0.25, -0.2) is 0 Å². The highest BCUT2D eigenvalue weighted by molar-refractivity contribution is 5.81. The lowest BCUT2D eigenvalue weighted by Gasteiger charge is -2.26. The topological polar surface area (TPSA) is 3.24 Å². The Morgan fingerprint density at radius 2 is 1.06 bits per heavy atom. The fourth-order valence-electron chi connectivity index (χ4n) is 4.21. The summed E-state index contributed by atoms with van der Waals surface area (Å²) in [6.45, 7) is 2.13. The maximum atomic E-state index is 2.33. The van der Waals surface area contributed by atoms with Crippen LogP contribution in [0.25, 0.3) is 16.7 Å². The summed E-state index contributed by atoms with van der Waals surface area (Å²) in [7, 11) is 0. The first kappa shape index (κ1) is 20.1. The monoisotopic (exact) mass is 413 g/mol. The first-order chi connectivity index (χ1) is 15.8. The zero-order valence-electron chi connectivity index (χ0n) is 18.4. The molecule has 0 N–H and O–H groups in total. The summed E-state index contributed by atoms with van der Waals surface area (Å²) in [5.41, 5.74) is 9.78. The SMILES string of the molecule is Cc1ccc(N(c2ccc(C3=CCCC=C3)cc2)c2ccc(-c3ccccc3)cc2)cc1. The van der Waals surface area contributed by atoms with Gasteiger partial charge in [-0.1, -0.05) is 90.5 Å². The molecule has 0 fully saturated rings. The molecule has 0 saturated carbocycles. The van der Waals surface area contributed by atoms with Gasteiger partial charge in [-0.2, -0.15) is 0 Å². The van der Waals surface area contributed by atoms with E-state index in [-0.39, 0.29) is 0 Å². The standard InChI is InChI=1S/C31H27N/c1-24-12-18-29(19-13-24)32(30-20-14-27(15-21-30)25-8-4-2-5-9-25)31-22-16-28(17-23-31)26-10-6-3-7-11-26/h2,4-6,8-23H,3,7H2,1H3. The molecule has 156 valence electrons. The second-order valence-electron chi connectivity index (χ2n) is 8.27. The van der Waals surface area contributed by atoms with Gasteiger partial charge >= 0.3 is 0 Å². The molecule has 0 aromatic heterocycles. The molecule has 0 saturated heterocycles. The Balaban J connectivity index is 1.52. The fraction of sp³-hybridized carbons (Fsp3) is 0.0968. The lowest BCUT2D eigenvalue weighted by Crippen LogP contribution is -2.10. The van der Waals surface area contributed by atoms with E-state index in [0.717, 1.165) is 29.9 Å². The van der Waals surface area contributed by atoms with Crippen LogP contribution in [0.3, 0.4) is 0 Å². The van der Waals surface area contributed by atoms with Crippen LogP contribution in [0.15, 0.2) is 121 Å². The molecular formula is C31H27N. The van der Waals surface area contributed by atoms with Crippen molar-refractivity contribution in [1.82, 2.24) is 0 Å². The molecule has 0 atom stereocenters. The van der Waals surface area contributed by atoms with E-state index in [9.17, 15) is 0 Å². The Hall–Kier alpha value is -3.84. The van der Waals surface area contributed by atoms with E-state index in [0.29, 0.717) is 0 Å². The molecular weight excluding hydrogens is 386 g/mol. The Kier molecular flexibility index (Phi) is 5.72. The van der Waals surface area contributed by atoms with Crippen LogP contribution < -0.4 is 4.90 Å². The predicted molar refractivity (Wildman–Crippen MR) is 138 cm³/mol. The summed E-state index contributed by atoms with van der Waals surface area (Å²) in [6.07, 6.45) is 9.09. The fourth-order valence-corrected chi connectivity index (χ4v) is 4.21. The van der Waals surface area contributed by atoms with Crippen LogP contribution in [0.1, 0.15) is 24.0 Å². The number of rotatable bonds is 5. The minimum absolute atomic E-state index is 1.12. The molecule has 0 amide bonds. The van der Waals surface area contributed by atoms with Crippen LogP contribution in [-0.4, -0.2) is 0 Å². The molecule has 4 aromatic rings. The number of nitrogens with zero attached hydrogens (tertiary/aromatic N) is 1. The molecule has 0 spiro atoms. The molecule has 0 aliphatic heterocycles. The van der Waals surface area contributed by atoms with Gasteiger partial charge in [0, 0.05) is 17.1 Å². The van der Waals surface area contributed by atoms with E-state index in [1.54, 1.807) is 0 Å². The number of hydrogen-bond acceptors (Lipinski definition) is 1. The summed E-state index contributed by atoms with van der Waals surface area (Å²) >= 11 is 0. The molecule has 1 nitrogen and oxygen atoms in total. The summed E-state index contributed by atoms with van der Waals surface area (Å²) in [5.74, 6) is 0. The molecule has 0 unspecified atom stereocenters. The van der Waals surface area contributed by atoms with Crippen LogP contribution in [0.4, 0.5) is 17.1 Å². The van der Waals surface area contributed by atoms with Crippen LogP contribution in [0.2, 0.25) is 0 Å². The largest absolute Gasteiger partial charge is 0.311 e. The van der Waals surface area contributed by atoms with Gasteiger partial charge in [-0.3, -0.25) is 0 Å². The van der Waals surface area contributed by atoms with Crippen molar-refractivity contribution in [3.8, 4) is 11.1 Å². The first-order valence-electron chi connectivity index (χ1n) is 11.3. The zero-order valence-corrected chi connectivity index (χ0v) is 18.4. The number of anilines is 3. The van der Waals surface area contributed by atoms with Crippen molar-refractivity contribution in [2.45, 2.75) is 19.8 Å². The third kappa shape index (κ3) is 4.29. The van der Waals surface area contributed by atoms with E-state index in [2.05, 4.69) is 133 Å². The van der Waals surface area contributed by atoms with Gasteiger partial charge in [-0.05, 0) is 78.4 Å². The van der Waals surface area contributed by atoms with Crippen molar-refractivity contribution in [2.75, 3.05) is 4.90 Å². The molecule has 1 aliphatic carbocycles. The van der Waals surface area contributed by atoms with Crippen LogP contribution in [0, 0.1) is 6.92 Å². The zero-order chi connectivity index (χ0) is 21.8. The van der Waals surface area contributed by atoms with Crippen LogP contribution >= 0.6 is 0 Å². The number of aryl methyl sites for hydroxylation is 1. The van der Waals surface area contributed by atoms with E-state index < -0.39 is 0 Å². The predicted octanol–water partition coefficient (Wildman–Crippen LogP) is 8.87. The summed E-state index contributed by atoms with van der Waals surface area (Å²) in [6, 6.07) is 37.0. The smallest absolute Gasteiger partial charge is 0.0462 e. The Morgan fingerprint density at radius 1 is 0.531 bits per heavy atom. The summed E-state index contributed by atoms with van der Waals surface area (Å²) < 4.78 is 0. The maximum absolute atomic E-state index is 2.33. The molecule has 4 aromatic carbocycles. The van der Waals surface area contributed by atoms with E-state index in [1.807, 2.05) is 0 Å². The third-order valence-electron chi connectivity index (χ3n) is 5.98. The average molecular weight is 414 g/mol. The summed E-state index contributed by atoms with van der Waals surface area (Å²) in [5, 5.41) is 0. The molecule has 1 aliphatic rings. The van der Waals surface area contributed by atoms with Crippen molar-refractivity contribution >= 4 is 22.6 Å². The van der Waals surface area contributed by atoms with Gasteiger partial charge in [0.2, 0.25) is 0 Å². The van der Waals surface area contributed by atoms with Crippen LogP contribution in [0.5, 0.6) is 0 Å². The minimum Gasteiger partial charge on any atom is -0.311 e. The Labute approximate surface area is 191 Å². The second kappa shape index (κ2) is 9.11. The first-order valence-corrected chi connectivity index (χ1v) is 11.3. The van der Waals surface area contributed by atoms with E-state index >= 15 is 0 Å². The molecule has 1 heteroatoms. The highest BCUT2D eigenvalue weighted by atomic mass is 15.1. The average Bonchev–Trinajstić information content (AvgIpc) is 2.87. The van der Waals surface area contributed by atoms with Gasteiger partial charge in [0.25, 0.3) is 0 Å². The van der Waals surface area contributed by atoms with E-state index in [4.69, 9.17) is 0 Å². The van der Waals surface area contributed by atoms with Crippen molar-refractivity contribution in [3.05, 3.63) is 132 Å². The van der Waals surface area contributed by atoms with Gasteiger partial charge in [0.1, 0.15) is 0 Å². The number of allylic oxidation sites excluding steroid dienone is 4. The Bertz CT molecular complexity index is 1230.